The maximum atomic E-state index is 13.2. The summed E-state index contributed by atoms with van der Waals surface area (Å²) in [6.45, 7) is 3.57. The van der Waals surface area contributed by atoms with E-state index in [1.165, 1.54) is 37.9 Å². The Kier molecular flexibility index (Phi) is 3.31. The van der Waals surface area contributed by atoms with Crippen LogP contribution < -0.4 is 9.47 Å². The fourth-order valence-electron chi connectivity index (χ4n) is 6.00. The largest absolute Gasteiger partial charge is 0.454 e. The summed E-state index contributed by atoms with van der Waals surface area (Å²) < 4.78 is 11.1. The van der Waals surface area contributed by atoms with Gasteiger partial charge in [0, 0.05) is 24.4 Å². The van der Waals surface area contributed by atoms with Gasteiger partial charge in [0.15, 0.2) is 11.5 Å². The molecule has 1 saturated carbocycles. The van der Waals surface area contributed by atoms with Crippen LogP contribution in [0.3, 0.4) is 0 Å². The average Bonchev–Trinajstić information content (AvgIpc) is 3.26. The normalized spacial score (nSPS) is 37.5. The van der Waals surface area contributed by atoms with E-state index in [4.69, 9.17) is 9.47 Å². The van der Waals surface area contributed by atoms with Gasteiger partial charge >= 0.3 is 0 Å². The number of amides is 1. The maximum absolute atomic E-state index is 13.2. The fourth-order valence-corrected chi connectivity index (χ4v) is 6.00. The summed E-state index contributed by atoms with van der Waals surface area (Å²) >= 11 is 0. The van der Waals surface area contributed by atoms with Gasteiger partial charge in [0.2, 0.25) is 12.7 Å². The minimum atomic E-state index is 0.293. The van der Waals surface area contributed by atoms with Crippen molar-refractivity contribution >= 4 is 5.91 Å². The third kappa shape index (κ3) is 2.10. The van der Waals surface area contributed by atoms with Crippen LogP contribution in [0.5, 0.6) is 11.5 Å². The van der Waals surface area contributed by atoms with Crippen molar-refractivity contribution in [3.05, 3.63) is 23.8 Å². The molecule has 5 aliphatic heterocycles. The van der Waals surface area contributed by atoms with Crippen LogP contribution in [-0.2, 0) is 4.79 Å². The number of piperidine rings is 3. The first-order valence-electron chi connectivity index (χ1n) is 10.2. The topological polar surface area (TPSA) is 42.0 Å². The predicted octanol–water partition coefficient (Wildman–Crippen LogP) is 2.60. The molecule has 3 atom stereocenters. The monoisotopic (exact) mass is 354 g/mol. The van der Waals surface area contributed by atoms with Crippen LogP contribution in [0.4, 0.5) is 0 Å². The highest BCUT2D eigenvalue weighted by atomic mass is 16.7. The Hall–Kier alpha value is -1.75. The molecule has 1 aromatic carbocycles. The molecule has 1 aliphatic carbocycles. The molecule has 6 aliphatic rings. The van der Waals surface area contributed by atoms with Gasteiger partial charge in [-0.05, 0) is 62.4 Å². The number of benzene rings is 1. The van der Waals surface area contributed by atoms with Crippen molar-refractivity contribution in [1.82, 2.24) is 9.80 Å². The second-order valence-corrected chi connectivity index (χ2v) is 8.69. The van der Waals surface area contributed by atoms with Gasteiger partial charge in [0.25, 0.3) is 0 Å². The molecule has 0 unspecified atom stereocenters. The second-order valence-electron chi connectivity index (χ2n) is 8.69. The van der Waals surface area contributed by atoms with Gasteiger partial charge < -0.3 is 14.4 Å². The lowest BCUT2D eigenvalue weighted by molar-refractivity contribution is -0.143. The third-order valence-corrected chi connectivity index (χ3v) is 7.56. The van der Waals surface area contributed by atoms with E-state index in [-0.39, 0.29) is 0 Å². The first-order valence-corrected chi connectivity index (χ1v) is 10.2. The molecule has 7 rings (SSSR count). The molecule has 1 aromatic rings. The van der Waals surface area contributed by atoms with Crippen LogP contribution in [0.2, 0.25) is 0 Å². The highest BCUT2D eigenvalue weighted by molar-refractivity contribution is 5.80. The smallest absolute Gasteiger partial charge is 0.231 e. The Morgan fingerprint density at radius 3 is 2.58 bits per heavy atom. The summed E-state index contributed by atoms with van der Waals surface area (Å²) in [6, 6.07) is 7.29. The molecular formula is C21H26N2O3. The summed E-state index contributed by atoms with van der Waals surface area (Å²) in [6.07, 6.45) is 5.91. The Balaban J connectivity index is 1.36. The molecule has 5 heteroatoms. The van der Waals surface area contributed by atoms with Gasteiger partial charge in [-0.15, -0.1) is 0 Å². The third-order valence-electron chi connectivity index (χ3n) is 7.56. The van der Waals surface area contributed by atoms with Gasteiger partial charge in [-0.25, -0.2) is 0 Å². The SMILES string of the molecule is O=C(C1CCC1)N1C[C@@H](c2ccc3c(c2)OCO3)[C@@H]2[C@H]1C1CCN2CC1. The highest BCUT2D eigenvalue weighted by Crippen LogP contribution is 2.48. The minimum absolute atomic E-state index is 0.293. The first-order chi connectivity index (χ1) is 12.8. The number of nitrogens with zero attached hydrogens (tertiary/aromatic N) is 2. The average molecular weight is 354 g/mol. The molecule has 1 amide bonds. The molecule has 138 valence electrons. The molecule has 0 radical (unpaired) electrons. The lowest BCUT2D eigenvalue weighted by Crippen LogP contribution is -2.61. The molecule has 26 heavy (non-hydrogen) atoms. The van der Waals surface area contributed by atoms with Crippen molar-refractivity contribution in [2.75, 3.05) is 26.4 Å². The maximum Gasteiger partial charge on any atom is 0.231 e. The number of hydrogen-bond acceptors (Lipinski definition) is 4. The zero-order chi connectivity index (χ0) is 17.3. The summed E-state index contributed by atoms with van der Waals surface area (Å²) in [5, 5.41) is 0. The van der Waals surface area contributed by atoms with Crippen LogP contribution in [0, 0.1) is 11.8 Å². The van der Waals surface area contributed by atoms with E-state index in [0.29, 0.717) is 42.5 Å². The molecule has 5 nitrogen and oxygen atoms in total. The van der Waals surface area contributed by atoms with Crippen LogP contribution >= 0.6 is 0 Å². The number of carbonyl (C=O) groups excluding carboxylic acids is 1. The second kappa shape index (κ2) is 5.62. The molecule has 0 spiro atoms. The fraction of sp³-hybridized carbons (Fsp3) is 0.667. The minimum Gasteiger partial charge on any atom is -0.454 e. The number of carbonyl (C=O) groups is 1. The molecule has 4 saturated heterocycles. The number of hydrogen-bond donors (Lipinski definition) is 0. The molecule has 0 N–H and O–H groups in total. The number of rotatable bonds is 2. The van der Waals surface area contributed by atoms with Crippen LogP contribution in [0.1, 0.15) is 43.6 Å². The summed E-state index contributed by atoms with van der Waals surface area (Å²) in [5.41, 5.74) is 1.31. The van der Waals surface area contributed by atoms with E-state index in [9.17, 15) is 4.79 Å². The first kappa shape index (κ1) is 15.3. The summed E-state index contributed by atoms with van der Waals surface area (Å²) in [4.78, 5) is 18.1. The van der Waals surface area contributed by atoms with Crippen molar-refractivity contribution in [3.63, 3.8) is 0 Å². The zero-order valence-electron chi connectivity index (χ0n) is 15.1. The van der Waals surface area contributed by atoms with E-state index >= 15 is 0 Å². The van der Waals surface area contributed by atoms with Crippen LogP contribution in [0.15, 0.2) is 18.2 Å². The van der Waals surface area contributed by atoms with Gasteiger partial charge in [-0.2, -0.15) is 0 Å². The lowest BCUT2D eigenvalue weighted by atomic mass is 9.75. The predicted molar refractivity (Wildman–Crippen MR) is 96.2 cm³/mol. The molecular weight excluding hydrogens is 328 g/mol. The standard InChI is InChI=1S/C21H26N2O3/c24-21(14-2-1-3-14)23-11-16(15-4-5-17-18(10-15)26-12-25-17)20-19(23)13-6-8-22(20)9-7-13/h4-5,10,13-14,16,19-20H,1-3,6-9,11-12H2/t16-,19+,20+/m0/s1. The molecule has 5 fully saturated rings. The quantitative estimate of drug-likeness (QED) is 0.819. The molecule has 0 aromatic heterocycles. The number of ether oxygens (including phenoxy) is 2. The Morgan fingerprint density at radius 1 is 1.00 bits per heavy atom. The van der Waals surface area contributed by atoms with Crippen molar-refractivity contribution in [2.45, 2.75) is 50.1 Å². The highest BCUT2D eigenvalue weighted by Gasteiger charge is 2.55. The van der Waals surface area contributed by atoms with E-state index in [0.717, 1.165) is 30.9 Å². The van der Waals surface area contributed by atoms with Gasteiger partial charge in [0.05, 0.1) is 6.04 Å². The van der Waals surface area contributed by atoms with Crippen LogP contribution in [-0.4, -0.2) is 54.2 Å². The summed E-state index contributed by atoms with van der Waals surface area (Å²) in [7, 11) is 0. The Morgan fingerprint density at radius 2 is 1.81 bits per heavy atom. The van der Waals surface area contributed by atoms with E-state index in [2.05, 4.69) is 21.9 Å². The Labute approximate surface area is 154 Å². The number of likely N-dealkylation sites (tertiary alicyclic amines) is 1. The van der Waals surface area contributed by atoms with Crippen molar-refractivity contribution < 1.29 is 14.3 Å². The molecule has 5 heterocycles. The van der Waals surface area contributed by atoms with E-state index in [1.807, 2.05) is 6.07 Å². The Bertz CT molecular complexity index is 739. The van der Waals surface area contributed by atoms with Gasteiger partial charge in [-0.1, -0.05) is 12.5 Å². The molecule has 2 bridgehead atoms. The van der Waals surface area contributed by atoms with Crippen LogP contribution in [0.25, 0.3) is 0 Å². The lowest BCUT2D eigenvalue weighted by Gasteiger charge is -2.51. The van der Waals surface area contributed by atoms with E-state index in [1.54, 1.807) is 0 Å². The van der Waals surface area contributed by atoms with Crippen molar-refractivity contribution in [3.8, 4) is 11.5 Å². The summed E-state index contributed by atoms with van der Waals surface area (Å²) in [5.74, 6) is 3.51. The zero-order valence-corrected chi connectivity index (χ0v) is 15.1. The number of fused-ring (bicyclic) bond motifs is 3. The van der Waals surface area contributed by atoms with Crippen molar-refractivity contribution in [2.24, 2.45) is 11.8 Å². The van der Waals surface area contributed by atoms with E-state index < -0.39 is 0 Å². The van der Waals surface area contributed by atoms with Crippen molar-refractivity contribution in [1.29, 1.82) is 0 Å². The van der Waals surface area contributed by atoms with Gasteiger partial charge in [-0.3, -0.25) is 9.69 Å². The van der Waals surface area contributed by atoms with Gasteiger partial charge in [0.1, 0.15) is 0 Å².